The van der Waals surface area contributed by atoms with Crippen molar-refractivity contribution in [2.45, 2.75) is 39.5 Å². The molecule has 68 valence electrons. The third kappa shape index (κ3) is 6.17. The maximum Gasteiger partial charge on any atom is 0.220 e. The molecule has 3 heteroatoms. The monoisotopic (exact) mass is 179 g/mol. The van der Waals surface area contributed by atoms with E-state index < -0.39 is 0 Å². The summed E-state index contributed by atoms with van der Waals surface area (Å²) in [6.07, 6.45) is 4.10. The third-order valence-corrected chi connectivity index (χ3v) is 1.80. The number of rotatable bonds is 5. The smallest absolute Gasteiger partial charge is 0.220 e. The van der Waals surface area contributed by atoms with Gasteiger partial charge in [0.05, 0.1) is 0 Å². The lowest BCUT2D eigenvalue weighted by Crippen LogP contribution is -2.22. The second-order valence-corrected chi connectivity index (χ2v) is 2.65. The van der Waals surface area contributed by atoms with Crippen LogP contribution in [0.4, 0.5) is 0 Å². The van der Waals surface area contributed by atoms with Gasteiger partial charge in [-0.2, -0.15) is 0 Å². The number of carbonyl (C=O) groups excluding carboxylic acids is 1. The first kappa shape index (κ1) is 13.4. The maximum atomic E-state index is 10.7. The Hall–Kier alpha value is -0.240. The van der Waals surface area contributed by atoms with Crippen LogP contribution in [0.3, 0.4) is 0 Å². The lowest BCUT2D eigenvalue weighted by atomic mass is 9.99. The molecule has 1 unspecified atom stereocenters. The van der Waals surface area contributed by atoms with E-state index in [2.05, 4.69) is 6.92 Å². The van der Waals surface area contributed by atoms with Crippen LogP contribution < -0.4 is 5.73 Å². The van der Waals surface area contributed by atoms with E-state index in [9.17, 15) is 4.79 Å². The molecular formula is C8H18ClNO. The highest BCUT2D eigenvalue weighted by atomic mass is 35.5. The zero-order valence-electron chi connectivity index (χ0n) is 7.30. The number of hydrogen-bond donors (Lipinski definition) is 1. The predicted octanol–water partition coefficient (Wildman–Crippen LogP) is 2.11. The van der Waals surface area contributed by atoms with E-state index in [0.717, 1.165) is 25.7 Å². The Morgan fingerprint density at radius 2 is 2.00 bits per heavy atom. The van der Waals surface area contributed by atoms with Gasteiger partial charge in [0, 0.05) is 5.92 Å². The van der Waals surface area contributed by atoms with Crippen LogP contribution in [0.25, 0.3) is 0 Å². The topological polar surface area (TPSA) is 43.1 Å². The summed E-state index contributed by atoms with van der Waals surface area (Å²) in [7, 11) is 0. The molecule has 0 spiro atoms. The number of unbranched alkanes of at least 4 members (excludes halogenated alkanes) is 1. The summed E-state index contributed by atoms with van der Waals surface area (Å²) in [4.78, 5) is 10.7. The molecule has 0 saturated heterocycles. The van der Waals surface area contributed by atoms with Crippen LogP contribution in [0.5, 0.6) is 0 Å². The van der Waals surface area contributed by atoms with E-state index in [-0.39, 0.29) is 24.2 Å². The minimum atomic E-state index is -0.143. The molecule has 11 heavy (non-hydrogen) atoms. The SMILES string of the molecule is CCCCC(CC)C(N)=O.Cl. The average molecular weight is 180 g/mol. The summed E-state index contributed by atoms with van der Waals surface area (Å²) < 4.78 is 0. The minimum absolute atomic E-state index is 0. The Labute approximate surface area is 74.9 Å². The molecule has 0 aromatic carbocycles. The Balaban J connectivity index is 0. The van der Waals surface area contributed by atoms with Gasteiger partial charge in [0.2, 0.25) is 5.91 Å². The molecule has 0 aromatic rings. The van der Waals surface area contributed by atoms with Crippen molar-refractivity contribution in [2.75, 3.05) is 0 Å². The van der Waals surface area contributed by atoms with Crippen LogP contribution in [0.15, 0.2) is 0 Å². The Bertz CT molecular complexity index is 106. The van der Waals surface area contributed by atoms with E-state index in [1.54, 1.807) is 0 Å². The fraction of sp³-hybridized carbons (Fsp3) is 0.875. The Morgan fingerprint density at radius 1 is 1.45 bits per heavy atom. The Morgan fingerprint density at radius 3 is 2.27 bits per heavy atom. The predicted molar refractivity (Wildman–Crippen MR) is 49.7 cm³/mol. The molecule has 0 saturated carbocycles. The van der Waals surface area contributed by atoms with Crippen molar-refractivity contribution in [3.05, 3.63) is 0 Å². The fourth-order valence-corrected chi connectivity index (χ4v) is 0.998. The lowest BCUT2D eigenvalue weighted by molar-refractivity contribution is -0.122. The Kier molecular flexibility index (Phi) is 9.55. The molecule has 0 rings (SSSR count). The minimum Gasteiger partial charge on any atom is -0.369 e. The summed E-state index contributed by atoms with van der Waals surface area (Å²) in [6, 6.07) is 0. The summed E-state index contributed by atoms with van der Waals surface area (Å²) in [6.45, 7) is 4.12. The normalized spacial score (nSPS) is 11.8. The van der Waals surface area contributed by atoms with E-state index >= 15 is 0 Å². The maximum absolute atomic E-state index is 10.7. The molecular weight excluding hydrogens is 162 g/mol. The van der Waals surface area contributed by atoms with E-state index in [1.807, 2.05) is 6.92 Å². The van der Waals surface area contributed by atoms with Gasteiger partial charge in [-0.15, -0.1) is 12.4 Å². The van der Waals surface area contributed by atoms with Gasteiger partial charge in [-0.05, 0) is 12.8 Å². The second-order valence-electron chi connectivity index (χ2n) is 2.65. The summed E-state index contributed by atoms with van der Waals surface area (Å²) in [5, 5.41) is 0. The number of halogens is 1. The van der Waals surface area contributed by atoms with Crippen molar-refractivity contribution in [3.8, 4) is 0 Å². The number of nitrogens with two attached hydrogens (primary N) is 1. The van der Waals surface area contributed by atoms with Crippen LogP contribution in [0.2, 0.25) is 0 Å². The molecule has 0 heterocycles. The quantitative estimate of drug-likeness (QED) is 0.690. The highest BCUT2D eigenvalue weighted by Crippen LogP contribution is 2.10. The molecule has 0 aliphatic rings. The van der Waals surface area contributed by atoms with Gasteiger partial charge in [0.15, 0.2) is 0 Å². The molecule has 0 radical (unpaired) electrons. The summed E-state index contributed by atoms with van der Waals surface area (Å²) >= 11 is 0. The van der Waals surface area contributed by atoms with Gasteiger partial charge >= 0.3 is 0 Å². The van der Waals surface area contributed by atoms with Crippen LogP contribution in [0.1, 0.15) is 39.5 Å². The molecule has 1 amide bonds. The first-order chi connectivity index (χ1) is 4.72. The van der Waals surface area contributed by atoms with Crippen LogP contribution in [0, 0.1) is 5.92 Å². The highest BCUT2D eigenvalue weighted by molar-refractivity contribution is 5.85. The zero-order chi connectivity index (χ0) is 7.98. The van der Waals surface area contributed by atoms with Crippen molar-refractivity contribution in [2.24, 2.45) is 11.7 Å². The number of carbonyl (C=O) groups is 1. The van der Waals surface area contributed by atoms with Crippen molar-refractivity contribution in [1.82, 2.24) is 0 Å². The van der Waals surface area contributed by atoms with Gasteiger partial charge in [0.1, 0.15) is 0 Å². The molecule has 0 aliphatic carbocycles. The first-order valence-corrected chi connectivity index (χ1v) is 4.01. The van der Waals surface area contributed by atoms with Gasteiger partial charge in [-0.1, -0.05) is 26.7 Å². The summed E-state index contributed by atoms with van der Waals surface area (Å²) in [5.74, 6) is -0.0316. The molecule has 0 aliphatic heterocycles. The highest BCUT2D eigenvalue weighted by Gasteiger charge is 2.10. The number of amides is 1. The van der Waals surface area contributed by atoms with Crippen molar-refractivity contribution < 1.29 is 4.79 Å². The molecule has 0 aromatic heterocycles. The number of hydrogen-bond acceptors (Lipinski definition) is 1. The van der Waals surface area contributed by atoms with E-state index in [4.69, 9.17) is 5.73 Å². The number of primary amides is 1. The molecule has 2 nitrogen and oxygen atoms in total. The standard InChI is InChI=1S/C8H17NO.ClH/c1-3-5-6-7(4-2)8(9)10;/h7H,3-6H2,1-2H3,(H2,9,10);1H. The van der Waals surface area contributed by atoms with Crippen molar-refractivity contribution >= 4 is 18.3 Å². The average Bonchev–Trinajstić information content (AvgIpc) is 1.89. The summed E-state index contributed by atoms with van der Waals surface area (Å²) in [5.41, 5.74) is 5.15. The lowest BCUT2D eigenvalue weighted by Gasteiger charge is -2.08. The van der Waals surface area contributed by atoms with Crippen molar-refractivity contribution in [3.63, 3.8) is 0 Å². The van der Waals surface area contributed by atoms with Gasteiger partial charge in [0.25, 0.3) is 0 Å². The van der Waals surface area contributed by atoms with Crippen LogP contribution in [-0.4, -0.2) is 5.91 Å². The van der Waals surface area contributed by atoms with Crippen molar-refractivity contribution in [1.29, 1.82) is 0 Å². The van der Waals surface area contributed by atoms with Crippen LogP contribution >= 0.6 is 12.4 Å². The molecule has 1 atom stereocenters. The van der Waals surface area contributed by atoms with Gasteiger partial charge in [-0.3, -0.25) is 4.79 Å². The molecule has 0 bridgehead atoms. The van der Waals surface area contributed by atoms with Crippen LogP contribution in [-0.2, 0) is 4.79 Å². The fourth-order valence-electron chi connectivity index (χ4n) is 0.998. The second kappa shape index (κ2) is 7.86. The van der Waals surface area contributed by atoms with E-state index in [1.165, 1.54) is 0 Å². The zero-order valence-corrected chi connectivity index (χ0v) is 8.12. The van der Waals surface area contributed by atoms with Gasteiger partial charge < -0.3 is 5.73 Å². The first-order valence-electron chi connectivity index (χ1n) is 4.01. The van der Waals surface area contributed by atoms with E-state index in [0.29, 0.717) is 0 Å². The molecule has 0 fully saturated rings. The third-order valence-electron chi connectivity index (χ3n) is 1.80. The largest absolute Gasteiger partial charge is 0.369 e. The molecule has 2 N–H and O–H groups in total. The van der Waals surface area contributed by atoms with Gasteiger partial charge in [-0.25, -0.2) is 0 Å².